The Balaban J connectivity index is 1.64. The van der Waals surface area contributed by atoms with E-state index in [4.69, 9.17) is 23.7 Å². The summed E-state index contributed by atoms with van der Waals surface area (Å²) in [4.78, 5) is 25.6. The number of aromatic nitrogens is 4. The van der Waals surface area contributed by atoms with Crippen LogP contribution in [0.2, 0.25) is 0 Å². The Labute approximate surface area is 399 Å². The van der Waals surface area contributed by atoms with E-state index in [1.807, 2.05) is 34.7 Å². The van der Waals surface area contributed by atoms with Crippen LogP contribution < -0.4 is 29.6 Å². The van der Waals surface area contributed by atoms with Gasteiger partial charge in [0.1, 0.15) is 38.2 Å². The van der Waals surface area contributed by atoms with Crippen molar-refractivity contribution in [1.29, 1.82) is 0 Å². The van der Waals surface area contributed by atoms with Crippen LogP contribution in [0.5, 0.6) is 17.2 Å². The molecule has 1 atom stereocenters. The average Bonchev–Trinajstić information content (AvgIpc) is 3.71. The number of tetrazole rings is 1. The second-order valence-electron chi connectivity index (χ2n) is 16.8. The molecular weight excluding hydrogens is 1010 g/mol. The number of halogens is 1. The number of carbonyl (C=O) groups is 2. The van der Waals surface area contributed by atoms with E-state index in [1.54, 1.807) is 109 Å². The van der Waals surface area contributed by atoms with Gasteiger partial charge in [-0.2, -0.15) is 9.10 Å². The molecule has 0 spiro atoms. The first-order chi connectivity index (χ1) is 31.0. The summed E-state index contributed by atoms with van der Waals surface area (Å²) in [5.41, 5.74) is 0.0306. The molecule has 0 radical (unpaired) electrons. The number of rotatable bonds is 19. The standard InChI is InChI=1S/C44H55IN8O11S2/c1-43(2,3)63-41(54)46-24-32(48-42(55)64-44(4,5)6)25-47-65(56,57)37-23-22-36(45)38(40-49-51-53(50-40)28-31-14-20-35(62-9)21-15-31)39(37)66(58,59)52(26-29-10-16-33(60-7)17-11-29)27-30-12-18-34(61-8)19-13-30/h10-23,32,47H,24-28H2,1-9H3,(H,46,54)(H,48,55)/t32-/m1/s1. The van der Waals surface area contributed by atoms with Crippen LogP contribution in [-0.4, -0.2) is 105 Å². The van der Waals surface area contributed by atoms with Crippen molar-refractivity contribution in [2.24, 2.45) is 0 Å². The fourth-order valence-corrected chi connectivity index (χ4v) is 10.6. The number of amides is 2. The molecule has 1 heterocycles. The van der Waals surface area contributed by atoms with Crippen LogP contribution in [-0.2, 0) is 49.2 Å². The molecule has 356 valence electrons. The maximum atomic E-state index is 15.6. The molecule has 0 aliphatic heterocycles. The lowest BCUT2D eigenvalue weighted by Crippen LogP contribution is -2.51. The van der Waals surface area contributed by atoms with Crippen molar-refractivity contribution in [3.05, 3.63) is 105 Å². The minimum Gasteiger partial charge on any atom is -0.497 e. The van der Waals surface area contributed by atoms with Gasteiger partial charge in [0.25, 0.3) is 0 Å². The predicted octanol–water partition coefficient (Wildman–Crippen LogP) is 6.11. The number of ether oxygens (including phenoxy) is 5. The van der Waals surface area contributed by atoms with E-state index in [1.165, 1.54) is 31.1 Å². The molecule has 0 bridgehead atoms. The van der Waals surface area contributed by atoms with E-state index in [0.29, 0.717) is 31.9 Å². The maximum absolute atomic E-state index is 15.6. The number of nitrogens with zero attached hydrogens (tertiary/aromatic N) is 5. The molecule has 2 amide bonds. The molecule has 5 aromatic rings. The van der Waals surface area contributed by atoms with Gasteiger partial charge in [-0.3, -0.25) is 0 Å². The fourth-order valence-electron chi connectivity index (χ4n) is 6.20. The Morgan fingerprint density at radius 3 is 1.67 bits per heavy atom. The topological polar surface area (TPSA) is 231 Å². The zero-order valence-electron chi connectivity index (χ0n) is 38.1. The van der Waals surface area contributed by atoms with Gasteiger partial charge in [0.05, 0.1) is 39.5 Å². The third-order valence-corrected chi connectivity index (χ3v) is 13.7. The molecule has 0 saturated carbocycles. The summed E-state index contributed by atoms with van der Waals surface area (Å²) in [6.45, 7) is 8.86. The largest absolute Gasteiger partial charge is 0.497 e. The lowest BCUT2D eigenvalue weighted by molar-refractivity contribution is 0.0465. The Kier molecular flexibility index (Phi) is 17.0. The molecule has 0 saturated heterocycles. The fraction of sp³-hybridized carbons (Fsp3) is 0.386. The summed E-state index contributed by atoms with van der Waals surface area (Å²) in [6.07, 6.45) is -1.72. The SMILES string of the molecule is COc1ccc(CN(Cc2ccc(OC)cc2)S(=O)(=O)c2c(S(=O)(=O)NC[C@@H](CNC(=O)OC(C)(C)C)NC(=O)OC(C)(C)C)ccc(I)c2-c2nnn(Cc3ccc(OC)cc3)n2)cc1. The van der Waals surface area contributed by atoms with Crippen LogP contribution in [0.25, 0.3) is 11.4 Å². The maximum Gasteiger partial charge on any atom is 0.407 e. The average molecular weight is 1060 g/mol. The predicted molar refractivity (Wildman–Crippen MR) is 253 cm³/mol. The monoisotopic (exact) mass is 1060 g/mol. The van der Waals surface area contributed by atoms with Gasteiger partial charge < -0.3 is 34.3 Å². The normalized spacial score (nSPS) is 12.6. The number of hydrogen-bond donors (Lipinski definition) is 3. The highest BCUT2D eigenvalue weighted by molar-refractivity contribution is 14.1. The highest BCUT2D eigenvalue weighted by atomic mass is 127. The molecule has 66 heavy (non-hydrogen) atoms. The van der Waals surface area contributed by atoms with E-state index in [9.17, 15) is 18.0 Å². The van der Waals surface area contributed by atoms with Gasteiger partial charge in [-0.15, -0.1) is 10.2 Å². The minimum atomic E-state index is -4.87. The molecule has 5 rings (SSSR count). The summed E-state index contributed by atoms with van der Waals surface area (Å²) in [6, 6.07) is 22.2. The third kappa shape index (κ3) is 14.5. The van der Waals surface area contributed by atoms with Gasteiger partial charge in [0.2, 0.25) is 25.9 Å². The Morgan fingerprint density at radius 2 is 1.18 bits per heavy atom. The minimum absolute atomic E-state index is 0.121. The number of methoxy groups -OCH3 is 3. The van der Waals surface area contributed by atoms with Crippen LogP contribution >= 0.6 is 22.6 Å². The van der Waals surface area contributed by atoms with Gasteiger partial charge in [0, 0.05) is 29.7 Å². The molecule has 22 heteroatoms. The van der Waals surface area contributed by atoms with Crippen molar-refractivity contribution in [3.63, 3.8) is 0 Å². The summed E-state index contributed by atoms with van der Waals surface area (Å²) < 4.78 is 91.4. The number of carbonyl (C=O) groups excluding carboxylic acids is 2. The van der Waals surface area contributed by atoms with Crippen LogP contribution in [0, 0.1) is 3.57 Å². The Hall–Kier alpha value is -5.56. The highest BCUT2D eigenvalue weighted by Gasteiger charge is 2.38. The van der Waals surface area contributed by atoms with E-state index >= 15 is 8.42 Å². The first-order valence-corrected chi connectivity index (χ1v) is 24.5. The van der Waals surface area contributed by atoms with E-state index in [-0.39, 0.29) is 37.6 Å². The molecule has 0 unspecified atom stereocenters. The number of sulfonamides is 2. The van der Waals surface area contributed by atoms with Crippen LogP contribution in [0.4, 0.5) is 9.59 Å². The summed E-state index contributed by atoms with van der Waals surface area (Å²) >= 11 is 1.91. The van der Waals surface area contributed by atoms with Crippen molar-refractivity contribution in [2.45, 2.75) is 88.2 Å². The van der Waals surface area contributed by atoms with E-state index in [2.05, 4.69) is 30.8 Å². The Bertz CT molecular complexity index is 2620. The summed E-state index contributed by atoms with van der Waals surface area (Å²) in [7, 11) is -5.11. The molecule has 0 aliphatic rings. The van der Waals surface area contributed by atoms with Crippen LogP contribution in [0.15, 0.2) is 94.7 Å². The van der Waals surface area contributed by atoms with Gasteiger partial charge >= 0.3 is 12.2 Å². The van der Waals surface area contributed by atoms with Crippen molar-refractivity contribution >= 4 is 54.8 Å². The van der Waals surface area contributed by atoms with Crippen molar-refractivity contribution in [2.75, 3.05) is 34.4 Å². The molecule has 0 aliphatic carbocycles. The van der Waals surface area contributed by atoms with Gasteiger partial charge in [-0.1, -0.05) is 36.4 Å². The zero-order valence-corrected chi connectivity index (χ0v) is 41.9. The van der Waals surface area contributed by atoms with Crippen molar-refractivity contribution < 1.29 is 50.1 Å². The molecular formula is C44H55IN8O11S2. The lowest BCUT2D eigenvalue weighted by Gasteiger charge is -2.26. The first kappa shape index (κ1) is 51.4. The molecule has 1 aromatic heterocycles. The van der Waals surface area contributed by atoms with E-state index < -0.39 is 65.8 Å². The molecule has 19 nitrogen and oxygen atoms in total. The number of hydrogen-bond acceptors (Lipinski definition) is 14. The number of benzene rings is 4. The first-order valence-electron chi connectivity index (χ1n) is 20.5. The highest BCUT2D eigenvalue weighted by Crippen LogP contribution is 2.38. The van der Waals surface area contributed by atoms with Crippen LogP contribution in [0.1, 0.15) is 58.2 Å². The van der Waals surface area contributed by atoms with Gasteiger partial charge in [0.15, 0.2) is 0 Å². The van der Waals surface area contributed by atoms with Crippen LogP contribution in [0.3, 0.4) is 0 Å². The van der Waals surface area contributed by atoms with Gasteiger partial charge in [-0.25, -0.2) is 31.1 Å². The second kappa shape index (κ2) is 21.8. The lowest BCUT2D eigenvalue weighted by atomic mass is 10.2. The quantitative estimate of drug-likeness (QED) is 0.0793. The summed E-state index contributed by atoms with van der Waals surface area (Å²) in [5, 5.41) is 18.2. The molecule has 0 fully saturated rings. The third-order valence-electron chi connectivity index (χ3n) is 9.29. The van der Waals surface area contributed by atoms with E-state index in [0.717, 1.165) is 9.87 Å². The molecule has 4 aromatic carbocycles. The second-order valence-corrected chi connectivity index (χ2v) is 21.6. The van der Waals surface area contributed by atoms with Gasteiger partial charge in [-0.05, 0) is 135 Å². The Morgan fingerprint density at radius 1 is 0.697 bits per heavy atom. The number of alkyl carbamates (subject to hydrolysis) is 2. The van der Waals surface area contributed by atoms with Crippen molar-refractivity contribution in [1.82, 2.24) is 39.9 Å². The van der Waals surface area contributed by atoms with Crippen molar-refractivity contribution in [3.8, 4) is 28.6 Å². The zero-order chi connectivity index (χ0) is 48.5. The smallest absolute Gasteiger partial charge is 0.407 e. The molecule has 3 N–H and O–H groups in total. The number of nitrogens with one attached hydrogen (secondary N) is 3. The summed E-state index contributed by atoms with van der Waals surface area (Å²) in [5.74, 6) is 1.57.